The van der Waals surface area contributed by atoms with Gasteiger partial charge in [0.15, 0.2) is 0 Å². The molecule has 1 nitrogen and oxygen atoms in total. The molecule has 1 aliphatic carbocycles. The van der Waals surface area contributed by atoms with Crippen molar-refractivity contribution in [2.45, 2.75) is 38.5 Å². The molecule has 0 saturated heterocycles. The number of hydrogen-bond acceptors (Lipinski definition) is 1. The van der Waals surface area contributed by atoms with Crippen molar-refractivity contribution in [3.63, 3.8) is 0 Å². The van der Waals surface area contributed by atoms with E-state index in [9.17, 15) is 8.78 Å². The van der Waals surface area contributed by atoms with Crippen molar-refractivity contribution in [3.05, 3.63) is 0 Å². The summed E-state index contributed by atoms with van der Waals surface area (Å²) in [5, 5.41) is 8.89. The molecule has 1 N–H and O–H groups in total. The van der Waals surface area contributed by atoms with E-state index in [-0.39, 0.29) is 24.9 Å². The van der Waals surface area contributed by atoms with Gasteiger partial charge < -0.3 is 5.11 Å². The summed E-state index contributed by atoms with van der Waals surface area (Å²) in [7, 11) is 0. The Balaban J connectivity index is 2.41. The SMILES string of the molecule is CC(F)(F)CC1CCCC1CO. The Morgan fingerprint density at radius 2 is 1.92 bits per heavy atom. The predicted octanol–water partition coefficient (Wildman–Crippen LogP) is 2.44. The number of alkyl halides is 2. The number of aliphatic hydroxyl groups is 1. The average molecular weight is 178 g/mol. The van der Waals surface area contributed by atoms with E-state index in [4.69, 9.17) is 5.11 Å². The topological polar surface area (TPSA) is 20.2 Å². The molecule has 0 bridgehead atoms. The quantitative estimate of drug-likeness (QED) is 0.703. The van der Waals surface area contributed by atoms with Crippen LogP contribution in [-0.2, 0) is 0 Å². The summed E-state index contributed by atoms with van der Waals surface area (Å²) < 4.78 is 25.2. The third-order valence-electron chi connectivity index (χ3n) is 2.67. The molecule has 3 heteroatoms. The highest BCUT2D eigenvalue weighted by molar-refractivity contribution is 4.80. The second kappa shape index (κ2) is 3.69. The van der Waals surface area contributed by atoms with Gasteiger partial charge in [-0.05, 0) is 31.6 Å². The summed E-state index contributed by atoms with van der Waals surface area (Å²) >= 11 is 0. The fourth-order valence-electron chi connectivity index (χ4n) is 2.08. The van der Waals surface area contributed by atoms with Gasteiger partial charge in [0, 0.05) is 13.0 Å². The zero-order chi connectivity index (χ0) is 9.19. The summed E-state index contributed by atoms with van der Waals surface area (Å²) in [6.07, 6.45) is 2.70. The Kier molecular flexibility index (Phi) is 3.04. The van der Waals surface area contributed by atoms with Crippen LogP contribution in [0.25, 0.3) is 0 Å². The van der Waals surface area contributed by atoms with Gasteiger partial charge in [0.1, 0.15) is 0 Å². The summed E-state index contributed by atoms with van der Waals surface area (Å²) in [6, 6.07) is 0. The van der Waals surface area contributed by atoms with Crippen molar-refractivity contribution in [1.29, 1.82) is 0 Å². The third kappa shape index (κ3) is 2.70. The van der Waals surface area contributed by atoms with E-state index in [1.54, 1.807) is 0 Å². The molecule has 1 fully saturated rings. The van der Waals surface area contributed by atoms with Gasteiger partial charge in [-0.3, -0.25) is 0 Å². The normalized spacial score (nSPS) is 31.0. The van der Waals surface area contributed by atoms with E-state index in [0.717, 1.165) is 26.2 Å². The van der Waals surface area contributed by atoms with E-state index in [1.165, 1.54) is 0 Å². The molecule has 1 rings (SSSR count). The summed E-state index contributed by atoms with van der Waals surface area (Å²) in [6.45, 7) is 1.03. The van der Waals surface area contributed by atoms with Gasteiger partial charge in [0.2, 0.25) is 5.92 Å². The third-order valence-corrected chi connectivity index (χ3v) is 2.67. The van der Waals surface area contributed by atoms with E-state index in [0.29, 0.717) is 0 Å². The molecule has 0 radical (unpaired) electrons. The lowest BCUT2D eigenvalue weighted by Gasteiger charge is -2.20. The first kappa shape index (κ1) is 9.90. The molecule has 2 unspecified atom stereocenters. The monoisotopic (exact) mass is 178 g/mol. The van der Waals surface area contributed by atoms with Crippen LogP contribution < -0.4 is 0 Å². The van der Waals surface area contributed by atoms with Crippen LogP contribution in [0.2, 0.25) is 0 Å². The second-order valence-electron chi connectivity index (χ2n) is 3.91. The maximum absolute atomic E-state index is 12.6. The Hall–Kier alpha value is -0.180. The zero-order valence-corrected chi connectivity index (χ0v) is 7.39. The maximum Gasteiger partial charge on any atom is 0.245 e. The summed E-state index contributed by atoms with van der Waals surface area (Å²) in [5.41, 5.74) is 0. The van der Waals surface area contributed by atoms with Crippen LogP contribution in [0.4, 0.5) is 8.78 Å². The smallest absolute Gasteiger partial charge is 0.245 e. The van der Waals surface area contributed by atoms with Gasteiger partial charge in [0.25, 0.3) is 0 Å². The molecule has 0 aromatic carbocycles. The molecule has 2 atom stereocenters. The van der Waals surface area contributed by atoms with Gasteiger partial charge >= 0.3 is 0 Å². The van der Waals surface area contributed by atoms with Gasteiger partial charge in [-0.25, -0.2) is 8.78 Å². The first-order valence-corrected chi connectivity index (χ1v) is 4.51. The Morgan fingerprint density at radius 1 is 1.33 bits per heavy atom. The average Bonchev–Trinajstić information content (AvgIpc) is 2.31. The lowest BCUT2D eigenvalue weighted by Crippen LogP contribution is -2.21. The van der Waals surface area contributed by atoms with E-state index in [1.807, 2.05) is 0 Å². The fraction of sp³-hybridized carbons (Fsp3) is 1.00. The van der Waals surface area contributed by atoms with Crippen molar-refractivity contribution in [2.24, 2.45) is 11.8 Å². The molecule has 1 saturated carbocycles. The fourth-order valence-corrected chi connectivity index (χ4v) is 2.08. The number of hydrogen-bond donors (Lipinski definition) is 1. The van der Waals surface area contributed by atoms with Crippen molar-refractivity contribution < 1.29 is 13.9 Å². The molecule has 0 aromatic rings. The van der Waals surface area contributed by atoms with Crippen LogP contribution in [0.15, 0.2) is 0 Å². The van der Waals surface area contributed by atoms with Crippen molar-refractivity contribution in [1.82, 2.24) is 0 Å². The lowest BCUT2D eigenvalue weighted by atomic mass is 9.91. The molecular weight excluding hydrogens is 162 g/mol. The van der Waals surface area contributed by atoms with E-state index in [2.05, 4.69) is 0 Å². The van der Waals surface area contributed by atoms with Crippen LogP contribution >= 0.6 is 0 Å². The van der Waals surface area contributed by atoms with Crippen molar-refractivity contribution in [3.8, 4) is 0 Å². The molecule has 0 aromatic heterocycles. The van der Waals surface area contributed by atoms with E-state index >= 15 is 0 Å². The minimum Gasteiger partial charge on any atom is -0.396 e. The first-order chi connectivity index (χ1) is 5.53. The van der Waals surface area contributed by atoms with Gasteiger partial charge in [-0.15, -0.1) is 0 Å². The number of rotatable bonds is 3. The number of aliphatic hydroxyl groups excluding tert-OH is 1. The van der Waals surface area contributed by atoms with Crippen LogP contribution in [0.5, 0.6) is 0 Å². The first-order valence-electron chi connectivity index (χ1n) is 4.51. The standard InChI is InChI=1S/C9H16F2O/c1-9(10,11)5-7-3-2-4-8(7)6-12/h7-8,12H,2-6H2,1H3. The predicted molar refractivity (Wildman–Crippen MR) is 43.2 cm³/mol. The minimum atomic E-state index is -2.57. The summed E-state index contributed by atoms with van der Waals surface area (Å²) in [4.78, 5) is 0. The molecule has 0 heterocycles. The molecule has 1 aliphatic rings. The van der Waals surface area contributed by atoms with Crippen LogP contribution in [0, 0.1) is 11.8 Å². The molecule has 72 valence electrons. The van der Waals surface area contributed by atoms with Crippen LogP contribution in [0.1, 0.15) is 32.6 Å². The Labute approximate surface area is 71.8 Å². The van der Waals surface area contributed by atoms with Gasteiger partial charge in [-0.2, -0.15) is 0 Å². The molecule has 0 aliphatic heterocycles. The molecule has 12 heavy (non-hydrogen) atoms. The highest BCUT2D eigenvalue weighted by Gasteiger charge is 2.34. The van der Waals surface area contributed by atoms with Crippen LogP contribution in [-0.4, -0.2) is 17.6 Å². The zero-order valence-electron chi connectivity index (χ0n) is 7.39. The van der Waals surface area contributed by atoms with Crippen molar-refractivity contribution in [2.75, 3.05) is 6.61 Å². The van der Waals surface area contributed by atoms with Crippen LogP contribution in [0.3, 0.4) is 0 Å². The lowest BCUT2D eigenvalue weighted by molar-refractivity contribution is -0.0124. The second-order valence-corrected chi connectivity index (χ2v) is 3.91. The Morgan fingerprint density at radius 3 is 2.42 bits per heavy atom. The Bertz CT molecular complexity index is 142. The largest absolute Gasteiger partial charge is 0.396 e. The summed E-state index contributed by atoms with van der Waals surface area (Å²) in [5.74, 6) is -2.41. The molecule has 0 amide bonds. The number of halogens is 2. The molecule has 0 spiro atoms. The highest BCUT2D eigenvalue weighted by atomic mass is 19.3. The van der Waals surface area contributed by atoms with Gasteiger partial charge in [0.05, 0.1) is 0 Å². The van der Waals surface area contributed by atoms with Crippen molar-refractivity contribution >= 4 is 0 Å². The maximum atomic E-state index is 12.6. The van der Waals surface area contributed by atoms with Gasteiger partial charge in [-0.1, -0.05) is 6.42 Å². The van der Waals surface area contributed by atoms with E-state index < -0.39 is 5.92 Å². The highest BCUT2D eigenvalue weighted by Crippen LogP contribution is 2.38. The molecular formula is C9H16F2O. The minimum absolute atomic E-state index is 0.0370.